The predicted octanol–water partition coefficient (Wildman–Crippen LogP) is 4.66. The van der Waals surface area contributed by atoms with Crippen LogP contribution in [0.3, 0.4) is 0 Å². The number of hydrogen-bond acceptors (Lipinski definition) is 4. The van der Waals surface area contributed by atoms with Crippen LogP contribution in [0, 0.1) is 0 Å². The minimum atomic E-state index is -0.811. The lowest BCUT2D eigenvalue weighted by molar-refractivity contribution is -0.142. The molecular formula is C24H19BrN2O3. The van der Waals surface area contributed by atoms with E-state index in [4.69, 9.17) is 4.74 Å². The lowest BCUT2D eigenvalue weighted by atomic mass is 10.0. The molecule has 0 aliphatic heterocycles. The molecular weight excluding hydrogens is 444 g/mol. The van der Waals surface area contributed by atoms with Crippen LogP contribution in [0.15, 0.2) is 77.3 Å². The molecule has 150 valence electrons. The van der Waals surface area contributed by atoms with Gasteiger partial charge in [0.1, 0.15) is 6.04 Å². The second kappa shape index (κ2) is 8.63. The number of hydrogen-bond donors (Lipinski definition) is 1. The average Bonchev–Trinajstić information content (AvgIpc) is 2.77. The summed E-state index contributed by atoms with van der Waals surface area (Å²) >= 11 is 3.40. The number of benzene rings is 3. The number of carbonyl (C=O) groups excluding carboxylic acids is 2. The van der Waals surface area contributed by atoms with E-state index in [1.54, 1.807) is 0 Å². The number of nitrogens with zero attached hydrogens (tertiary/aromatic N) is 1. The Labute approximate surface area is 182 Å². The monoisotopic (exact) mass is 462 g/mol. The van der Waals surface area contributed by atoms with E-state index in [-0.39, 0.29) is 5.91 Å². The molecule has 1 amide bonds. The van der Waals surface area contributed by atoms with Crippen molar-refractivity contribution in [1.29, 1.82) is 0 Å². The summed E-state index contributed by atoms with van der Waals surface area (Å²) < 4.78 is 5.89. The number of esters is 1. The number of amides is 1. The minimum absolute atomic E-state index is 0.326. The smallest absolute Gasteiger partial charge is 0.328 e. The van der Waals surface area contributed by atoms with Crippen LogP contribution in [-0.4, -0.2) is 30.0 Å². The zero-order valence-electron chi connectivity index (χ0n) is 16.3. The average molecular weight is 463 g/mol. The number of rotatable bonds is 5. The molecule has 0 bridgehead atoms. The Kier molecular flexibility index (Phi) is 5.77. The van der Waals surface area contributed by atoms with Gasteiger partial charge in [0.25, 0.3) is 5.91 Å². The zero-order valence-corrected chi connectivity index (χ0v) is 17.8. The molecule has 5 nitrogen and oxygen atoms in total. The van der Waals surface area contributed by atoms with Gasteiger partial charge in [-0.05, 0) is 29.8 Å². The van der Waals surface area contributed by atoms with Gasteiger partial charge in [-0.15, -0.1) is 0 Å². The van der Waals surface area contributed by atoms with Gasteiger partial charge in [0, 0.05) is 21.7 Å². The molecule has 4 aromatic rings. The van der Waals surface area contributed by atoms with Gasteiger partial charge in [-0.3, -0.25) is 4.79 Å². The highest BCUT2D eigenvalue weighted by molar-refractivity contribution is 9.10. The van der Waals surface area contributed by atoms with Crippen LogP contribution >= 0.6 is 15.9 Å². The Morgan fingerprint density at radius 2 is 1.50 bits per heavy atom. The van der Waals surface area contributed by atoms with Crippen molar-refractivity contribution in [3.05, 3.63) is 88.4 Å². The van der Waals surface area contributed by atoms with Crippen molar-refractivity contribution in [3.8, 4) is 0 Å². The number of halogens is 1. The number of para-hydroxylation sites is 2. The van der Waals surface area contributed by atoms with Gasteiger partial charge in [0.15, 0.2) is 0 Å². The van der Waals surface area contributed by atoms with Crippen molar-refractivity contribution in [3.63, 3.8) is 0 Å². The number of nitrogens with one attached hydrogen (secondary N) is 1. The molecule has 4 rings (SSSR count). The molecule has 3 aromatic carbocycles. The Morgan fingerprint density at radius 1 is 0.933 bits per heavy atom. The van der Waals surface area contributed by atoms with Crippen molar-refractivity contribution in [2.45, 2.75) is 12.5 Å². The third kappa shape index (κ3) is 4.04. The SMILES string of the molecule is COC(=O)[C@@H](Cc1ccc(Br)cc1)NC(=O)c1c2ccccc2nc2ccccc12. The standard InChI is InChI=1S/C24H19BrN2O3/c1-30-24(29)21(14-15-10-12-16(25)13-11-15)27-23(28)22-17-6-2-4-8-19(17)26-20-9-5-3-7-18(20)22/h2-13,21H,14H2,1H3,(H,27,28)/t21-/m1/s1. The van der Waals surface area contributed by atoms with Gasteiger partial charge in [0.05, 0.1) is 23.7 Å². The van der Waals surface area contributed by atoms with E-state index >= 15 is 0 Å². The molecule has 0 aliphatic carbocycles. The topological polar surface area (TPSA) is 68.3 Å². The van der Waals surface area contributed by atoms with Gasteiger partial charge in [-0.2, -0.15) is 0 Å². The quantitative estimate of drug-likeness (QED) is 0.345. The first-order chi connectivity index (χ1) is 14.6. The molecule has 30 heavy (non-hydrogen) atoms. The number of ether oxygens (including phenoxy) is 1. The van der Waals surface area contributed by atoms with Gasteiger partial charge in [-0.25, -0.2) is 9.78 Å². The first-order valence-electron chi connectivity index (χ1n) is 9.47. The van der Waals surface area contributed by atoms with Gasteiger partial charge in [0.2, 0.25) is 0 Å². The van der Waals surface area contributed by atoms with E-state index in [2.05, 4.69) is 26.2 Å². The molecule has 1 N–H and O–H groups in total. The molecule has 1 heterocycles. The first kappa shape index (κ1) is 20.0. The van der Waals surface area contributed by atoms with Gasteiger partial charge < -0.3 is 10.1 Å². The summed E-state index contributed by atoms with van der Waals surface area (Å²) in [5, 5.41) is 4.35. The molecule has 1 aromatic heterocycles. The lowest BCUT2D eigenvalue weighted by Gasteiger charge is -2.18. The fourth-order valence-electron chi connectivity index (χ4n) is 3.51. The van der Waals surface area contributed by atoms with Crippen LogP contribution in [-0.2, 0) is 16.0 Å². The van der Waals surface area contributed by atoms with Gasteiger partial charge >= 0.3 is 5.97 Å². The van der Waals surface area contributed by atoms with E-state index in [9.17, 15) is 9.59 Å². The van der Waals surface area contributed by atoms with Crippen molar-refractivity contribution < 1.29 is 14.3 Å². The second-order valence-electron chi connectivity index (χ2n) is 6.90. The summed E-state index contributed by atoms with van der Waals surface area (Å²) in [5.41, 5.74) is 2.87. The fraction of sp³-hybridized carbons (Fsp3) is 0.125. The van der Waals surface area contributed by atoms with Crippen LogP contribution in [0.4, 0.5) is 0 Å². The maximum Gasteiger partial charge on any atom is 0.328 e. The van der Waals surface area contributed by atoms with Crippen LogP contribution in [0.5, 0.6) is 0 Å². The Morgan fingerprint density at radius 3 is 2.07 bits per heavy atom. The Balaban J connectivity index is 1.74. The highest BCUT2D eigenvalue weighted by atomic mass is 79.9. The molecule has 0 unspecified atom stereocenters. The van der Waals surface area contributed by atoms with E-state index in [0.717, 1.165) is 31.8 Å². The molecule has 0 saturated heterocycles. The Bertz CT molecular complexity index is 1180. The van der Waals surface area contributed by atoms with E-state index < -0.39 is 12.0 Å². The lowest BCUT2D eigenvalue weighted by Crippen LogP contribution is -2.43. The van der Waals surface area contributed by atoms with Crippen molar-refractivity contribution >= 4 is 49.6 Å². The predicted molar refractivity (Wildman–Crippen MR) is 120 cm³/mol. The van der Waals surface area contributed by atoms with Crippen LogP contribution in [0.25, 0.3) is 21.8 Å². The minimum Gasteiger partial charge on any atom is -0.467 e. The number of pyridine rings is 1. The molecule has 0 spiro atoms. The largest absolute Gasteiger partial charge is 0.467 e. The number of carbonyl (C=O) groups is 2. The summed E-state index contributed by atoms with van der Waals surface area (Å²) in [6.07, 6.45) is 0.326. The zero-order chi connectivity index (χ0) is 21.1. The highest BCUT2D eigenvalue weighted by Gasteiger charge is 2.25. The second-order valence-corrected chi connectivity index (χ2v) is 7.82. The summed E-state index contributed by atoms with van der Waals surface area (Å²) in [7, 11) is 1.32. The maximum absolute atomic E-state index is 13.4. The number of aromatic nitrogens is 1. The summed E-state index contributed by atoms with van der Waals surface area (Å²) in [6, 6.07) is 21.8. The van der Waals surface area contributed by atoms with Crippen LogP contribution in [0.1, 0.15) is 15.9 Å². The van der Waals surface area contributed by atoms with Crippen molar-refractivity contribution in [2.75, 3.05) is 7.11 Å². The third-order valence-corrected chi connectivity index (χ3v) is 5.49. The molecule has 1 atom stereocenters. The van der Waals surface area contributed by atoms with Crippen molar-refractivity contribution in [1.82, 2.24) is 10.3 Å². The molecule has 0 fully saturated rings. The van der Waals surface area contributed by atoms with E-state index in [1.165, 1.54) is 7.11 Å². The van der Waals surface area contributed by atoms with E-state index in [1.807, 2.05) is 72.8 Å². The Hall–Kier alpha value is -3.25. The first-order valence-corrected chi connectivity index (χ1v) is 10.3. The molecule has 0 radical (unpaired) electrons. The molecule has 0 saturated carbocycles. The van der Waals surface area contributed by atoms with Crippen molar-refractivity contribution in [2.24, 2.45) is 0 Å². The van der Waals surface area contributed by atoms with Gasteiger partial charge in [-0.1, -0.05) is 64.5 Å². The summed E-state index contributed by atoms with van der Waals surface area (Å²) in [5.74, 6) is -0.828. The van der Waals surface area contributed by atoms with Crippen LogP contribution in [0.2, 0.25) is 0 Å². The number of methoxy groups -OCH3 is 1. The summed E-state index contributed by atoms with van der Waals surface area (Å²) in [4.78, 5) is 30.5. The number of fused-ring (bicyclic) bond motifs is 2. The van der Waals surface area contributed by atoms with Crippen LogP contribution < -0.4 is 5.32 Å². The summed E-state index contributed by atoms with van der Waals surface area (Å²) in [6.45, 7) is 0. The third-order valence-electron chi connectivity index (χ3n) is 4.96. The van der Waals surface area contributed by atoms with E-state index in [0.29, 0.717) is 12.0 Å². The maximum atomic E-state index is 13.4. The fourth-order valence-corrected chi connectivity index (χ4v) is 3.77. The molecule has 6 heteroatoms. The molecule has 0 aliphatic rings. The normalized spacial score (nSPS) is 11.9. The highest BCUT2D eigenvalue weighted by Crippen LogP contribution is 2.26.